The lowest BCUT2D eigenvalue weighted by Gasteiger charge is -2.06. The number of carbonyl (C=O) groups excluding carboxylic acids is 1. The van der Waals surface area contributed by atoms with Crippen LogP contribution in [0.3, 0.4) is 0 Å². The lowest BCUT2D eigenvalue weighted by molar-refractivity contribution is -0.140. The molecular weight excluding hydrogens is 322 g/mol. The molecule has 0 aromatic heterocycles. The Kier molecular flexibility index (Phi) is 9.18. The molecular formula is C15H20ClN3O2S. The Balaban J connectivity index is 2.08. The zero-order valence-electron chi connectivity index (χ0n) is 12.5. The molecule has 2 N–H and O–H groups in total. The van der Waals surface area contributed by atoms with Crippen molar-refractivity contribution in [1.29, 1.82) is 0 Å². The van der Waals surface area contributed by atoms with Crippen molar-refractivity contribution in [2.45, 2.75) is 25.7 Å². The quantitative estimate of drug-likeness (QED) is 0.250. The first-order chi connectivity index (χ1) is 10.6. The van der Waals surface area contributed by atoms with E-state index in [4.69, 9.17) is 23.8 Å². The van der Waals surface area contributed by atoms with Gasteiger partial charge in [0.2, 0.25) is 0 Å². The molecule has 0 fully saturated rings. The predicted molar refractivity (Wildman–Crippen MR) is 93.3 cm³/mol. The van der Waals surface area contributed by atoms with E-state index in [0.717, 1.165) is 31.4 Å². The number of nitrogens with one attached hydrogen (secondary N) is 2. The monoisotopic (exact) mass is 341 g/mol. The van der Waals surface area contributed by atoms with Gasteiger partial charge < -0.3 is 10.1 Å². The molecule has 0 radical (unpaired) electrons. The summed E-state index contributed by atoms with van der Waals surface area (Å²) in [7, 11) is 1.40. The van der Waals surface area contributed by atoms with Crippen molar-refractivity contribution in [3.63, 3.8) is 0 Å². The van der Waals surface area contributed by atoms with Crippen LogP contribution in [0.1, 0.15) is 31.2 Å². The first-order valence-electron chi connectivity index (χ1n) is 7.01. The molecule has 0 amide bonds. The second-order valence-electron chi connectivity index (χ2n) is 4.56. The number of methoxy groups -OCH3 is 1. The van der Waals surface area contributed by atoms with Gasteiger partial charge in [0, 0.05) is 18.0 Å². The normalized spacial score (nSPS) is 10.5. The van der Waals surface area contributed by atoms with Gasteiger partial charge in [0.1, 0.15) is 0 Å². The maximum absolute atomic E-state index is 10.9. The van der Waals surface area contributed by atoms with E-state index in [0.29, 0.717) is 16.6 Å². The molecule has 0 bridgehead atoms. The van der Waals surface area contributed by atoms with Gasteiger partial charge in [-0.05, 0) is 42.8 Å². The Morgan fingerprint density at radius 1 is 1.32 bits per heavy atom. The first kappa shape index (κ1) is 18.4. The van der Waals surface area contributed by atoms with E-state index in [2.05, 4.69) is 20.6 Å². The molecule has 1 aromatic carbocycles. The summed E-state index contributed by atoms with van der Waals surface area (Å²) in [4.78, 5) is 10.9. The molecule has 0 saturated carbocycles. The van der Waals surface area contributed by atoms with Crippen LogP contribution >= 0.6 is 23.8 Å². The van der Waals surface area contributed by atoms with Crippen molar-refractivity contribution in [2.24, 2.45) is 5.10 Å². The first-order valence-corrected chi connectivity index (χ1v) is 7.79. The van der Waals surface area contributed by atoms with Gasteiger partial charge in [0.15, 0.2) is 5.11 Å². The molecule has 5 nitrogen and oxygen atoms in total. The van der Waals surface area contributed by atoms with E-state index >= 15 is 0 Å². The average Bonchev–Trinajstić information content (AvgIpc) is 2.52. The number of thiocarbonyl (C=S) groups is 1. The Hall–Kier alpha value is -1.66. The zero-order valence-corrected chi connectivity index (χ0v) is 14.0. The van der Waals surface area contributed by atoms with E-state index in [1.54, 1.807) is 18.3 Å². The van der Waals surface area contributed by atoms with Crippen LogP contribution in [-0.4, -0.2) is 31.0 Å². The molecule has 0 heterocycles. The minimum Gasteiger partial charge on any atom is -0.469 e. The summed E-state index contributed by atoms with van der Waals surface area (Å²) in [5.41, 5.74) is 3.68. The Morgan fingerprint density at radius 3 is 2.73 bits per heavy atom. The van der Waals surface area contributed by atoms with Crippen LogP contribution in [0.5, 0.6) is 0 Å². The van der Waals surface area contributed by atoms with Crippen molar-refractivity contribution >= 4 is 41.1 Å². The molecule has 0 unspecified atom stereocenters. The molecule has 0 atom stereocenters. The standard InChI is InChI=1S/C15H20ClN3O2S/c1-21-14(20)5-3-2-4-10-17-15(22)19-18-11-12-6-8-13(16)9-7-12/h6-9,11H,2-5,10H2,1H3,(H2,17,19,22)/b18-11-. The molecule has 0 spiro atoms. The van der Waals surface area contributed by atoms with Crippen LogP contribution in [0.25, 0.3) is 0 Å². The van der Waals surface area contributed by atoms with Gasteiger partial charge in [-0.3, -0.25) is 10.2 Å². The Morgan fingerprint density at radius 2 is 2.05 bits per heavy atom. The van der Waals surface area contributed by atoms with Crippen LogP contribution in [0.2, 0.25) is 5.02 Å². The molecule has 0 aliphatic carbocycles. The number of benzene rings is 1. The van der Waals surface area contributed by atoms with Crippen LogP contribution in [0.4, 0.5) is 0 Å². The van der Waals surface area contributed by atoms with Crippen molar-refractivity contribution in [1.82, 2.24) is 10.7 Å². The molecule has 0 saturated heterocycles. The maximum atomic E-state index is 10.9. The number of esters is 1. The zero-order chi connectivity index (χ0) is 16.2. The highest BCUT2D eigenvalue weighted by molar-refractivity contribution is 7.80. The van der Waals surface area contributed by atoms with E-state index in [1.165, 1.54) is 7.11 Å². The minimum absolute atomic E-state index is 0.165. The lowest BCUT2D eigenvalue weighted by Crippen LogP contribution is -2.32. The number of hydrazone groups is 1. The van der Waals surface area contributed by atoms with Gasteiger partial charge in [0.05, 0.1) is 13.3 Å². The van der Waals surface area contributed by atoms with Crippen molar-refractivity contribution < 1.29 is 9.53 Å². The van der Waals surface area contributed by atoms with Gasteiger partial charge in [0.25, 0.3) is 0 Å². The summed E-state index contributed by atoms with van der Waals surface area (Å²) in [5, 5.41) is 8.25. The number of hydrogen-bond acceptors (Lipinski definition) is 4. The van der Waals surface area contributed by atoms with Crippen molar-refractivity contribution in [2.75, 3.05) is 13.7 Å². The molecule has 0 aliphatic rings. The maximum Gasteiger partial charge on any atom is 0.305 e. The highest BCUT2D eigenvalue weighted by Crippen LogP contribution is 2.07. The van der Waals surface area contributed by atoms with Crippen LogP contribution in [-0.2, 0) is 9.53 Å². The number of carbonyl (C=O) groups is 1. The van der Waals surface area contributed by atoms with E-state index in [-0.39, 0.29) is 5.97 Å². The van der Waals surface area contributed by atoms with E-state index in [9.17, 15) is 4.79 Å². The molecule has 0 aliphatic heterocycles. The van der Waals surface area contributed by atoms with Crippen molar-refractivity contribution in [3.05, 3.63) is 34.9 Å². The smallest absolute Gasteiger partial charge is 0.305 e. The van der Waals surface area contributed by atoms with Gasteiger partial charge in [-0.2, -0.15) is 5.10 Å². The number of ether oxygens (including phenoxy) is 1. The number of unbranched alkanes of at least 4 members (excludes halogenated alkanes) is 2. The topological polar surface area (TPSA) is 62.7 Å². The third-order valence-corrected chi connectivity index (χ3v) is 3.31. The molecule has 1 rings (SSSR count). The number of halogens is 1. The SMILES string of the molecule is COC(=O)CCCCCNC(=S)N/N=C\c1ccc(Cl)cc1. The fraction of sp³-hybridized carbons (Fsp3) is 0.400. The number of rotatable bonds is 8. The number of nitrogens with zero attached hydrogens (tertiary/aromatic N) is 1. The average molecular weight is 342 g/mol. The van der Waals surface area contributed by atoms with Gasteiger partial charge >= 0.3 is 5.97 Å². The fourth-order valence-electron chi connectivity index (χ4n) is 1.63. The summed E-state index contributed by atoms with van der Waals surface area (Å²) in [5.74, 6) is -0.165. The minimum atomic E-state index is -0.165. The third-order valence-electron chi connectivity index (χ3n) is 2.82. The second-order valence-corrected chi connectivity index (χ2v) is 5.41. The highest BCUT2D eigenvalue weighted by atomic mass is 35.5. The molecule has 7 heteroatoms. The van der Waals surface area contributed by atoms with Gasteiger partial charge in [-0.25, -0.2) is 0 Å². The Labute approximate surface area is 141 Å². The summed E-state index contributed by atoms with van der Waals surface area (Å²) >= 11 is 10.9. The van der Waals surface area contributed by atoms with Gasteiger partial charge in [-0.1, -0.05) is 30.2 Å². The summed E-state index contributed by atoms with van der Waals surface area (Å²) in [6, 6.07) is 7.33. The number of hydrogen-bond donors (Lipinski definition) is 2. The summed E-state index contributed by atoms with van der Waals surface area (Å²) in [6.07, 6.45) is 4.83. The lowest BCUT2D eigenvalue weighted by atomic mass is 10.2. The third kappa shape index (κ3) is 8.59. The van der Waals surface area contributed by atoms with Crippen LogP contribution in [0, 0.1) is 0 Å². The van der Waals surface area contributed by atoms with E-state index in [1.807, 2.05) is 12.1 Å². The van der Waals surface area contributed by atoms with Crippen molar-refractivity contribution in [3.8, 4) is 0 Å². The fourth-order valence-corrected chi connectivity index (χ4v) is 1.91. The largest absolute Gasteiger partial charge is 0.469 e. The second kappa shape index (κ2) is 11.0. The molecule has 120 valence electrons. The molecule has 1 aromatic rings. The predicted octanol–water partition coefficient (Wildman–Crippen LogP) is 2.87. The highest BCUT2D eigenvalue weighted by Gasteiger charge is 1.99. The summed E-state index contributed by atoms with van der Waals surface area (Å²) in [6.45, 7) is 0.740. The van der Waals surface area contributed by atoms with E-state index < -0.39 is 0 Å². The summed E-state index contributed by atoms with van der Waals surface area (Å²) < 4.78 is 4.57. The molecule has 22 heavy (non-hydrogen) atoms. The van der Waals surface area contributed by atoms with Crippen LogP contribution in [0.15, 0.2) is 29.4 Å². The van der Waals surface area contributed by atoms with Crippen LogP contribution < -0.4 is 10.7 Å². The Bertz CT molecular complexity index is 506. The van der Waals surface area contributed by atoms with Gasteiger partial charge in [-0.15, -0.1) is 0 Å².